The van der Waals surface area contributed by atoms with Crippen molar-refractivity contribution in [2.45, 2.75) is 8.56 Å². The highest BCUT2D eigenvalue weighted by Gasteiger charge is 2.18. The average molecular weight is 394 g/mol. The molecule has 1 aromatic carbocycles. The summed E-state index contributed by atoms with van der Waals surface area (Å²) in [5.41, 5.74) is 2.08. The van der Waals surface area contributed by atoms with Crippen molar-refractivity contribution < 1.29 is 0 Å². The topological polar surface area (TPSA) is 12.9 Å². The van der Waals surface area contributed by atoms with Gasteiger partial charge in [0.25, 0.3) is 0 Å². The van der Waals surface area contributed by atoms with Gasteiger partial charge in [-0.15, -0.1) is 0 Å². The quantitative estimate of drug-likeness (QED) is 0.644. The van der Waals surface area contributed by atoms with Gasteiger partial charge in [-0.1, -0.05) is 72.1 Å². The van der Waals surface area contributed by atoms with Gasteiger partial charge in [-0.2, -0.15) is 0 Å². The van der Waals surface area contributed by atoms with E-state index in [1.54, 1.807) is 0 Å². The van der Waals surface area contributed by atoms with Crippen molar-refractivity contribution in [1.29, 1.82) is 0 Å². The van der Waals surface area contributed by atoms with E-state index in [4.69, 9.17) is 0 Å². The standard InChI is InChI=1S/C11H8Br3N/c12-11(13,14)7-9-6-5-8-3-1-2-4-10(8)15-9/h1-6H,7H2. The van der Waals surface area contributed by atoms with E-state index in [-0.39, 0.29) is 2.14 Å². The Kier molecular flexibility index (Phi) is 3.48. The summed E-state index contributed by atoms with van der Waals surface area (Å²) in [4.78, 5) is 4.57. The number of hydrogen-bond acceptors (Lipinski definition) is 1. The van der Waals surface area contributed by atoms with E-state index in [0.717, 1.165) is 17.6 Å². The van der Waals surface area contributed by atoms with Crippen molar-refractivity contribution in [3.63, 3.8) is 0 Å². The Morgan fingerprint density at radius 1 is 1.00 bits per heavy atom. The second-order valence-corrected chi connectivity index (χ2v) is 10.5. The molecule has 0 saturated carbocycles. The molecule has 2 aromatic rings. The molecule has 0 amide bonds. The minimum absolute atomic E-state index is 0.261. The molecule has 0 bridgehead atoms. The summed E-state index contributed by atoms with van der Waals surface area (Å²) in [6.07, 6.45) is 0.776. The molecule has 78 valence electrons. The number of fused-ring (bicyclic) bond motifs is 1. The molecule has 0 fully saturated rings. The third kappa shape index (κ3) is 3.26. The van der Waals surface area contributed by atoms with E-state index < -0.39 is 0 Å². The zero-order valence-electron chi connectivity index (χ0n) is 7.75. The van der Waals surface area contributed by atoms with Crippen LogP contribution in [0.5, 0.6) is 0 Å². The van der Waals surface area contributed by atoms with Crippen LogP contribution in [0.25, 0.3) is 10.9 Å². The zero-order valence-corrected chi connectivity index (χ0v) is 12.5. The van der Waals surface area contributed by atoms with Gasteiger partial charge < -0.3 is 0 Å². The molecular formula is C11H8Br3N. The molecule has 0 N–H and O–H groups in total. The van der Waals surface area contributed by atoms with Crippen LogP contribution in [0, 0.1) is 0 Å². The molecule has 0 aliphatic rings. The van der Waals surface area contributed by atoms with Gasteiger partial charge in [-0.05, 0) is 12.1 Å². The van der Waals surface area contributed by atoms with E-state index in [1.807, 2.05) is 24.3 Å². The molecule has 0 unspecified atom stereocenters. The summed E-state index contributed by atoms with van der Waals surface area (Å²) in [6, 6.07) is 12.3. The summed E-state index contributed by atoms with van der Waals surface area (Å²) >= 11 is 10.4. The molecule has 0 radical (unpaired) electrons. The van der Waals surface area contributed by atoms with Crippen molar-refractivity contribution in [3.05, 3.63) is 42.1 Å². The van der Waals surface area contributed by atoms with Crippen LogP contribution in [-0.4, -0.2) is 7.13 Å². The van der Waals surface area contributed by atoms with Crippen molar-refractivity contribution in [3.8, 4) is 0 Å². The number of pyridine rings is 1. The molecule has 15 heavy (non-hydrogen) atoms. The first-order valence-corrected chi connectivity index (χ1v) is 6.84. The van der Waals surface area contributed by atoms with Crippen molar-refractivity contribution in [2.75, 3.05) is 0 Å². The normalized spacial score (nSPS) is 11.9. The third-order valence-electron chi connectivity index (χ3n) is 2.04. The maximum absolute atomic E-state index is 4.57. The Balaban J connectivity index is 2.39. The van der Waals surface area contributed by atoms with Gasteiger partial charge in [0.15, 0.2) is 0 Å². The monoisotopic (exact) mass is 391 g/mol. The second-order valence-electron chi connectivity index (χ2n) is 3.29. The smallest absolute Gasteiger partial charge is 0.140 e. The molecule has 0 aliphatic heterocycles. The maximum Gasteiger partial charge on any atom is 0.140 e. The second kappa shape index (κ2) is 4.52. The van der Waals surface area contributed by atoms with Gasteiger partial charge in [-0.25, -0.2) is 0 Å². The van der Waals surface area contributed by atoms with E-state index in [0.29, 0.717) is 0 Å². The number of rotatable bonds is 1. The molecule has 0 saturated heterocycles. The van der Waals surface area contributed by atoms with Crippen molar-refractivity contribution in [2.24, 2.45) is 0 Å². The Labute approximate surface area is 114 Å². The third-order valence-corrected chi connectivity index (χ3v) is 2.88. The molecule has 0 atom stereocenters. The highest BCUT2D eigenvalue weighted by Crippen LogP contribution is 2.36. The minimum Gasteiger partial charge on any atom is -0.253 e. The molecule has 1 nitrogen and oxygen atoms in total. The number of benzene rings is 1. The van der Waals surface area contributed by atoms with Gasteiger partial charge in [-0.3, -0.25) is 4.98 Å². The van der Waals surface area contributed by atoms with E-state index in [9.17, 15) is 0 Å². The lowest BCUT2D eigenvalue weighted by Crippen LogP contribution is -2.06. The van der Waals surface area contributed by atoms with Gasteiger partial charge in [0.1, 0.15) is 2.14 Å². The Morgan fingerprint density at radius 3 is 2.47 bits per heavy atom. The Hall–Kier alpha value is 0.0700. The predicted molar refractivity (Wildman–Crippen MR) is 75.0 cm³/mol. The number of halogens is 3. The molecule has 4 heteroatoms. The van der Waals surface area contributed by atoms with Crippen LogP contribution >= 0.6 is 47.8 Å². The zero-order chi connectivity index (χ0) is 10.9. The van der Waals surface area contributed by atoms with Crippen molar-refractivity contribution >= 4 is 58.7 Å². The minimum atomic E-state index is -0.261. The first kappa shape index (κ1) is 11.6. The first-order valence-electron chi connectivity index (χ1n) is 4.46. The fraction of sp³-hybridized carbons (Fsp3) is 0.182. The summed E-state index contributed by atoms with van der Waals surface area (Å²) in [7, 11) is 0. The molecule has 0 spiro atoms. The lowest BCUT2D eigenvalue weighted by Gasteiger charge is -2.11. The Bertz CT molecular complexity index is 476. The van der Waals surface area contributed by atoms with Crippen LogP contribution in [0.2, 0.25) is 0 Å². The fourth-order valence-electron chi connectivity index (χ4n) is 1.41. The fourth-order valence-corrected chi connectivity index (χ4v) is 2.27. The number of nitrogens with zero attached hydrogens (tertiary/aromatic N) is 1. The maximum atomic E-state index is 4.57. The molecular weight excluding hydrogens is 386 g/mol. The molecule has 0 aliphatic carbocycles. The van der Waals surface area contributed by atoms with Gasteiger partial charge in [0, 0.05) is 17.5 Å². The SMILES string of the molecule is BrC(Br)(Br)Cc1ccc2ccccc2n1. The highest BCUT2D eigenvalue weighted by atomic mass is 80.0. The lowest BCUT2D eigenvalue weighted by molar-refractivity contribution is 1.03. The Morgan fingerprint density at radius 2 is 1.73 bits per heavy atom. The van der Waals surface area contributed by atoms with E-state index in [2.05, 4.69) is 64.9 Å². The lowest BCUT2D eigenvalue weighted by atomic mass is 10.2. The van der Waals surface area contributed by atoms with Gasteiger partial charge in [0.2, 0.25) is 0 Å². The average Bonchev–Trinajstić information content (AvgIpc) is 2.15. The van der Waals surface area contributed by atoms with Crippen LogP contribution in [0.15, 0.2) is 36.4 Å². The van der Waals surface area contributed by atoms with Crippen LogP contribution in [0.1, 0.15) is 5.69 Å². The summed E-state index contributed by atoms with van der Waals surface area (Å²) in [5.74, 6) is 0. The largest absolute Gasteiger partial charge is 0.253 e. The van der Waals surface area contributed by atoms with Crippen LogP contribution < -0.4 is 0 Å². The molecule has 1 aromatic heterocycles. The molecule has 2 rings (SSSR count). The predicted octanol–water partition coefficient (Wildman–Crippen LogP) is 4.62. The van der Waals surface area contributed by atoms with Gasteiger partial charge >= 0.3 is 0 Å². The van der Waals surface area contributed by atoms with E-state index in [1.165, 1.54) is 5.39 Å². The number of alkyl halides is 3. The summed E-state index contributed by atoms with van der Waals surface area (Å²) in [6.45, 7) is 0. The van der Waals surface area contributed by atoms with Crippen molar-refractivity contribution in [1.82, 2.24) is 4.98 Å². The molecule has 1 heterocycles. The highest BCUT2D eigenvalue weighted by molar-refractivity contribution is 9.39. The van der Waals surface area contributed by atoms with Crippen LogP contribution in [0.3, 0.4) is 0 Å². The number of para-hydroxylation sites is 1. The first-order chi connectivity index (χ1) is 7.04. The number of aromatic nitrogens is 1. The summed E-state index contributed by atoms with van der Waals surface area (Å²) in [5, 5.41) is 1.17. The van der Waals surface area contributed by atoms with Crippen LogP contribution in [-0.2, 0) is 6.42 Å². The van der Waals surface area contributed by atoms with Crippen LogP contribution in [0.4, 0.5) is 0 Å². The number of hydrogen-bond donors (Lipinski definition) is 0. The summed E-state index contributed by atoms with van der Waals surface area (Å²) < 4.78 is -0.261. The van der Waals surface area contributed by atoms with Gasteiger partial charge in [0.05, 0.1) is 5.52 Å². The van der Waals surface area contributed by atoms with E-state index >= 15 is 0 Å².